The van der Waals surface area contributed by atoms with Gasteiger partial charge in [0, 0.05) is 10.5 Å². The third-order valence-corrected chi connectivity index (χ3v) is 3.55. The van der Waals surface area contributed by atoms with Crippen LogP contribution in [0.3, 0.4) is 0 Å². The second-order valence-corrected chi connectivity index (χ2v) is 5.39. The Morgan fingerprint density at radius 2 is 1.83 bits per heavy atom. The second-order valence-electron chi connectivity index (χ2n) is 3.63. The average Bonchev–Trinajstić information content (AvgIpc) is 2.11. The molecule has 0 aromatic heterocycles. The van der Waals surface area contributed by atoms with E-state index in [4.69, 9.17) is 5.73 Å². The monoisotopic (exact) mass is 283 g/mol. The first-order valence-corrected chi connectivity index (χ1v) is 6.29. The van der Waals surface area contributed by atoms with Gasteiger partial charge in [0.15, 0.2) is 0 Å². The molecule has 0 aliphatic rings. The van der Waals surface area contributed by atoms with Crippen molar-refractivity contribution in [3.8, 4) is 0 Å². The number of unbranched alkanes of at least 4 members (excludes halogenated alkanes) is 1. The Morgan fingerprint density at radius 3 is 2.33 bits per heavy atom. The Bertz CT molecular complexity index is 83.8. The van der Waals surface area contributed by atoms with Gasteiger partial charge in [-0.25, -0.2) is 0 Å². The summed E-state index contributed by atoms with van der Waals surface area (Å²) in [4.78, 5) is 0. The van der Waals surface area contributed by atoms with Gasteiger partial charge in [0.25, 0.3) is 0 Å². The molecule has 2 N–H and O–H groups in total. The van der Waals surface area contributed by atoms with Gasteiger partial charge in [-0.05, 0) is 12.3 Å². The van der Waals surface area contributed by atoms with Crippen LogP contribution in [0.15, 0.2) is 0 Å². The molecule has 2 atom stereocenters. The maximum atomic E-state index is 5.53. The first-order valence-electron chi connectivity index (χ1n) is 5.04. The van der Waals surface area contributed by atoms with Gasteiger partial charge in [-0.1, -0.05) is 62.1 Å². The first kappa shape index (κ1) is 12.7. The van der Waals surface area contributed by atoms with E-state index in [2.05, 4.69) is 36.4 Å². The molecule has 0 aromatic carbocycles. The first-order chi connectivity index (χ1) is 5.70. The van der Waals surface area contributed by atoms with Crippen LogP contribution in [0.1, 0.15) is 46.0 Å². The van der Waals surface area contributed by atoms with E-state index in [-0.39, 0.29) is 0 Å². The standard InChI is InChI=1S/C10H22IN/c1-3-9(2)6-4-5-7-10(11)8-12/h9-10H,3-8,12H2,1-2H3. The molecule has 0 aromatic rings. The fourth-order valence-electron chi connectivity index (χ4n) is 1.18. The number of alkyl halides is 1. The molecule has 0 spiro atoms. The van der Waals surface area contributed by atoms with Crippen molar-refractivity contribution < 1.29 is 0 Å². The van der Waals surface area contributed by atoms with Gasteiger partial charge >= 0.3 is 0 Å². The van der Waals surface area contributed by atoms with Gasteiger partial charge in [0.2, 0.25) is 0 Å². The minimum Gasteiger partial charge on any atom is -0.329 e. The predicted octanol–water partition coefficient (Wildman–Crippen LogP) is 3.36. The molecule has 0 aliphatic heterocycles. The Kier molecular flexibility index (Phi) is 8.77. The van der Waals surface area contributed by atoms with Crippen LogP contribution >= 0.6 is 22.6 Å². The van der Waals surface area contributed by atoms with Crippen molar-refractivity contribution in [2.24, 2.45) is 11.7 Å². The number of hydrogen-bond acceptors (Lipinski definition) is 1. The lowest BCUT2D eigenvalue weighted by molar-refractivity contribution is 0.478. The molecule has 0 bridgehead atoms. The Labute approximate surface area is 90.6 Å². The normalized spacial score (nSPS) is 16.0. The van der Waals surface area contributed by atoms with Crippen LogP contribution in [-0.4, -0.2) is 10.5 Å². The molecule has 0 amide bonds. The highest BCUT2D eigenvalue weighted by atomic mass is 127. The van der Waals surface area contributed by atoms with Crippen molar-refractivity contribution in [3.05, 3.63) is 0 Å². The molecule has 1 nitrogen and oxygen atoms in total. The molecular formula is C10H22IN. The quantitative estimate of drug-likeness (QED) is 0.433. The van der Waals surface area contributed by atoms with E-state index in [0.717, 1.165) is 12.5 Å². The summed E-state index contributed by atoms with van der Waals surface area (Å²) in [6.07, 6.45) is 6.76. The largest absolute Gasteiger partial charge is 0.329 e. The number of halogens is 1. The van der Waals surface area contributed by atoms with E-state index in [1.807, 2.05) is 0 Å². The van der Waals surface area contributed by atoms with Gasteiger partial charge in [0.1, 0.15) is 0 Å². The van der Waals surface area contributed by atoms with Crippen molar-refractivity contribution in [2.75, 3.05) is 6.54 Å². The third kappa shape index (κ3) is 7.35. The SMILES string of the molecule is CCC(C)CCCCC(I)CN. The second kappa shape index (κ2) is 8.30. The number of rotatable bonds is 7. The Balaban J connectivity index is 3.10. The number of nitrogens with two attached hydrogens (primary N) is 1. The smallest absolute Gasteiger partial charge is 0.0232 e. The van der Waals surface area contributed by atoms with Crippen molar-refractivity contribution in [2.45, 2.75) is 49.9 Å². The van der Waals surface area contributed by atoms with Crippen LogP contribution in [0.4, 0.5) is 0 Å². The maximum Gasteiger partial charge on any atom is 0.0232 e. The van der Waals surface area contributed by atoms with Crippen molar-refractivity contribution in [1.29, 1.82) is 0 Å². The molecule has 2 heteroatoms. The summed E-state index contributed by atoms with van der Waals surface area (Å²) in [5.41, 5.74) is 5.53. The molecule has 0 saturated carbocycles. The summed E-state index contributed by atoms with van der Waals surface area (Å²) in [5.74, 6) is 0.913. The van der Waals surface area contributed by atoms with E-state index in [1.54, 1.807) is 0 Å². The molecule has 0 rings (SSSR count). The van der Waals surface area contributed by atoms with Gasteiger partial charge in [-0.15, -0.1) is 0 Å². The van der Waals surface area contributed by atoms with Gasteiger partial charge < -0.3 is 5.73 Å². The maximum absolute atomic E-state index is 5.53. The lowest BCUT2D eigenvalue weighted by atomic mass is 10.0. The summed E-state index contributed by atoms with van der Waals surface area (Å²) in [5, 5.41) is 0. The zero-order valence-electron chi connectivity index (χ0n) is 8.35. The van der Waals surface area contributed by atoms with Gasteiger partial charge in [-0.3, -0.25) is 0 Å². The highest BCUT2D eigenvalue weighted by Gasteiger charge is 2.02. The summed E-state index contributed by atoms with van der Waals surface area (Å²) in [6, 6.07) is 0. The van der Waals surface area contributed by atoms with E-state index >= 15 is 0 Å². The summed E-state index contributed by atoms with van der Waals surface area (Å²) in [6.45, 7) is 5.44. The molecule has 0 heterocycles. The van der Waals surface area contributed by atoms with E-state index < -0.39 is 0 Å². The Hall–Kier alpha value is 0.690. The molecular weight excluding hydrogens is 261 g/mol. The molecule has 0 radical (unpaired) electrons. The van der Waals surface area contributed by atoms with E-state index in [9.17, 15) is 0 Å². The minimum absolute atomic E-state index is 0.694. The number of hydrogen-bond donors (Lipinski definition) is 1. The van der Waals surface area contributed by atoms with Crippen molar-refractivity contribution in [1.82, 2.24) is 0 Å². The average molecular weight is 283 g/mol. The highest BCUT2D eigenvalue weighted by Crippen LogP contribution is 2.15. The van der Waals surface area contributed by atoms with Crippen molar-refractivity contribution in [3.63, 3.8) is 0 Å². The third-order valence-electron chi connectivity index (χ3n) is 2.42. The Morgan fingerprint density at radius 1 is 1.25 bits per heavy atom. The molecule has 0 aliphatic carbocycles. The lowest BCUT2D eigenvalue weighted by Crippen LogP contribution is -2.12. The molecule has 0 saturated heterocycles. The zero-order chi connectivity index (χ0) is 9.40. The zero-order valence-corrected chi connectivity index (χ0v) is 10.5. The minimum atomic E-state index is 0.694. The molecule has 74 valence electrons. The highest BCUT2D eigenvalue weighted by molar-refractivity contribution is 14.1. The molecule has 12 heavy (non-hydrogen) atoms. The lowest BCUT2D eigenvalue weighted by Gasteiger charge is -2.09. The fraction of sp³-hybridized carbons (Fsp3) is 1.00. The van der Waals surface area contributed by atoms with Crippen molar-refractivity contribution >= 4 is 22.6 Å². The summed E-state index contributed by atoms with van der Waals surface area (Å²) >= 11 is 2.45. The molecule has 2 unspecified atom stereocenters. The van der Waals surface area contributed by atoms with Crippen LogP contribution in [-0.2, 0) is 0 Å². The summed E-state index contributed by atoms with van der Waals surface area (Å²) < 4.78 is 0.694. The van der Waals surface area contributed by atoms with Crippen LogP contribution in [0.25, 0.3) is 0 Å². The van der Waals surface area contributed by atoms with Gasteiger partial charge in [0.05, 0.1) is 0 Å². The summed E-state index contributed by atoms with van der Waals surface area (Å²) in [7, 11) is 0. The molecule has 0 fully saturated rings. The van der Waals surface area contributed by atoms with Crippen LogP contribution in [0.5, 0.6) is 0 Å². The van der Waals surface area contributed by atoms with Gasteiger partial charge in [-0.2, -0.15) is 0 Å². The predicted molar refractivity (Wildman–Crippen MR) is 64.8 cm³/mol. The van der Waals surface area contributed by atoms with Crippen LogP contribution < -0.4 is 5.73 Å². The van der Waals surface area contributed by atoms with Crippen LogP contribution in [0, 0.1) is 5.92 Å². The topological polar surface area (TPSA) is 26.0 Å². The van der Waals surface area contributed by atoms with Crippen LogP contribution in [0.2, 0.25) is 0 Å². The van der Waals surface area contributed by atoms with E-state index in [1.165, 1.54) is 32.1 Å². The fourth-order valence-corrected chi connectivity index (χ4v) is 1.62. The van der Waals surface area contributed by atoms with E-state index in [0.29, 0.717) is 3.92 Å².